The molecule has 0 fully saturated rings. The highest BCUT2D eigenvalue weighted by molar-refractivity contribution is 7.99. The van der Waals surface area contributed by atoms with Crippen LogP contribution in [0.3, 0.4) is 0 Å². The van der Waals surface area contributed by atoms with E-state index >= 15 is 0 Å². The van der Waals surface area contributed by atoms with Crippen molar-refractivity contribution in [2.24, 2.45) is 5.92 Å². The third-order valence-corrected chi connectivity index (χ3v) is 4.62. The van der Waals surface area contributed by atoms with Crippen LogP contribution in [0.4, 0.5) is 0 Å². The number of hydrogen-bond acceptors (Lipinski definition) is 3. The van der Waals surface area contributed by atoms with E-state index in [0.29, 0.717) is 6.04 Å². The Balaban J connectivity index is 2.49. The third kappa shape index (κ3) is 4.91. The Morgan fingerprint density at radius 3 is 2.39 bits per heavy atom. The summed E-state index contributed by atoms with van der Waals surface area (Å²) < 4.78 is 5.18. The van der Waals surface area contributed by atoms with Gasteiger partial charge < -0.3 is 10.1 Å². The fourth-order valence-electron chi connectivity index (χ4n) is 1.69. The minimum atomic E-state index is 0.421. The molecule has 1 aromatic rings. The predicted octanol–water partition coefficient (Wildman–Crippen LogP) is 3.74. The van der Waals surface area contributed by atoms with Crippen molar-refractivity contribution in [1.82, 2.24) is 5.32 Å². The Bertz CT molecular complexity index is 326. The van der Waals surface area contributed by atoms with Gasteiger partial charge in [-0.25, -0.2) is 0 Å². The molecule has 0 radical (unpaired) electrons. The molecular formula is C15H25NOS. The Kier molecular flexibility index (Phi) is 7.21. The van der Waals surface area contributed by atoms with Gasteiger partial charge in [0.05, 0.1) is 7.11 Å². The van der Waals surface area contributed by atoms with E-state index in [2.05, 4.69) is 31.3 Å². The molecule has 1 rings (SSSR count). The molecule has 0 aliphatic heterocycles. The first kappa shape index (κ1) is 15.4. The summed E-state index contributed by atoms with van der Waals surface area (Å²) in [6.07, 6.45) is 1.26. The van der Waals surface area contributed by atoms with E-state index in [9.17, 15) is 0 Å². The van der Waals surface area contributed by atoms with Crippen LogP contribution >= 0.6 is 11.8 Å². The predicted molar refractivity (Wildman–Crippen MR) is 81.6 cm³/mol. The molecule has 2 nitrogen and oxygen atoms in total. The van der Waals surface area contributed by atoms with Crippen LogP contribution in [-0.2, 0) is 0 Å². The molecule has 102 valence electrons. The van der Waals surface area contributed by atoms with Crippen LogP contribution in [0, 0.1) is 5.92 Å². The second kappa shape index (κ2) is 8.44. The molecule has 0 saturated carbocycles. The second-order valence-corrected chi connectivity index (χ2v) is 5.74. The highest BCUT2D eigenvalue weighted by Crippen LogP contribution is 2.22. The average Bonchev–Trinajstić information content (AvgIpc) is 2.43. The van der Waals surface area contributed by atoms with E-state index in [-0.39, 0.29) is 0 Å². The monoisotopic (exact) mass is 267 g/mol. The molecule has 2 unspecified atom stereocenters. The van der Waals surface area contributed by atoms with E-state index in [4.69, 9.17) is 4.74 Å². The molecule has 2 atom stereocenters. The molecule has 0 heterocycles. The largest absolute Gasteiger partial charge is 0.497 e. The number of ether oxygens (including phenoxy) is 1. The highest BCUT2D eigenvalue weighted by atomic mass is 32.2. The molecule has 0 aliphatic carbocycles. The highest BCUT2D eigenvalue weighted by Gasteiger charge is 2.10. The van der Waals surface area contributed by atoms with Crippen LogP contribution in [0.15, 0.2) is 24.3 Å². The molecular weight excluding hydrogens is 242 g/mol. The van der Waals surface area contributed by atoms with Crippen LogP contribution in [0.5, 0.6) is 5.75 Å². The normalized spacial score (nSPS) is 14.2. The molecule has 0 spiro atoms. The Labute approximate surface area is 116 Å². The van der Waals surface area contributed by atoms with Crippen molar-refractivity contribution < 1.29 is 4.74 Å². The molecule has 1 N–H and O–H groups in total. The molecule has 0 amide bonds. The van der Waals surface area contributed by atoms with Gasteiger partial charge in [-0.3, -0.25) is 0 Å². The standard InChI is InChI=1S/C15H25NOS/c1-5-12(2)10-18-11-15(16-3)13-6-8-14(17-4)9-7-13/h6-9,12,15-16H,5,10-11H2,1-4H3. The topological polar surface area (TPSA) is 21.3 Å². The number of rotatable bonds is 8. The van der Waals surface area contributed by atoms with Crippen molar-refractivity contribution in [3.05, 3.63) is 29.8 Å². The van der Waals surface area contributed by atoms with Crippen molar-refractivity contribution in [2.45, 2.75) is 26.3 Å². The summed E-state index contributed by atoms with van der Waals surface area (Å²) in [6.45, 7) is 4.57. The van der Waals surface area contributed by atoms with Gasteiger partial charge in [0.25, 0.3) is 0 Å². The minimum absolute atomic E-state index is 0.421. The van der Waals surface area contributed by atoms with Gasteiger partial charge in [0.2, 0.25) is 0 Å². The third-order valence-electron chi connectivity index (χ3n) is 3.25. The Morgan fingerprint density at radius 2 is 1.89 bits per heavy atom. The summed E-state index contributed by atoms with van der Waals surface area (Å²) in [7, 11) is 3.73. The van der Waals surface area contributed by atoms with Gasteiger partial charge in [-0.2, -0.15) is 11.8 Å². The summed E-state index contributed by atoms with van der Waals surface area (Å²) in [5, 5.41) is 3.39. The number of nitrogens with one attached hydrogen (secondary N) is 1. The number of hydrogen-bond donors (Lipinski definition) is 1. The quantitative estimate of drug-likeness (QED) is 0.775. The van der Waals surface area contributed by atoms with Gasteiger partial charge >= 0.3 is 0 Å². The van der Waals surface area contributed by atoms with Crippen LogP contribution < -0.4 is 10.1 Å². The van der Waals surface area contributed by atoms with Gasteiger partial charge in [-0.1, -0.05) is 32.4 Å². The number of methoxy groups -OCH3 is 1. The summed E-state index contributed by atoms with van der Waals surface area (Å²) >= 11 is 2.03. The van der Waals surface area contributed by atoms with Gasteiger partial charge in [0, 0.05) is 11.8 Å². The van der Waals surface area contributed by atoms with Gasteiger partial charge in [0.15, 0.2) is 0 Å². The molecule has 0 bridgehead atoms. The molecule has 3 heteroatoms. The van der Waals surface area contributed by atoms with E-state index < -0.39 is 0 Å². The first-order valence-corrected chi connectivity index (χ1v) is 7.75. The van der Waals surface area contributed by atoms with Gasteiger partial charge in [0.1, 0.15) is 5.75 Å². The van der Waals surface area contributed by atoms with E-state index in [0.717, 1.165) is 17.4 Å². The van der Waals surface area contributed by atoms with Gasteiger partial charge in [-0.05, 0) is 36.4 Å². The SMILES string of the molecule is CCC(C)CSCC(NC)c1ccc(OC)cc1. The lowest BCUT2D eigenvalue weighted by atomic mass is 10.1. The maximum Gasteiger partial charge on any atom is 0.118 e. The zero-order chi connectivity index (χ0) is 13.4. The van der Waals surface area contributed by atoms with E-state index in [1.165, 1.54) is 17.7 Å². The minimum Gasteiger partial charge on any atom is -0.497 e. The second-order valence-electron chi connectivity index (χ2n) is 4.67. The van der Waals surface area contributed by atoms with Crippen molar-refractivity contribution in [3.63, 3.8) is 0 Å². The fourth-order valence-corrected chi connectivity index (χ4v) is 3.06. The van der Waals surface area contributed by atoms with Crippen molar-refractivity contribution in [2.75, 3.05) is 25.7 Å². The molecule has 0 aromatic heterocycles. The van der Waals surface area contributed by atoms with E-state index in [1.54, 1.807) is 7.11 Å². The number of benzene rings is 1. The van der Waals surface area contributed by atoms with Crippen LogP contribution in [0.2, 0.25) is 0 Å². The molecule has 0 saturated heterocycles. The average molecular weight is 267 g/mol. The first-order chi connectivity index (χ1) is 8.71. The lowest BCUT2D eigenvalue weighted by Gasteiger charge is -2.17. The summed E-state index contributed by atoms with van der Waals surface area (Å²) in [4.78, 5) is 0. The molecule has 18 heavy (non-hydrogen) atoms. The van der Waals surface area contributed by atoms with Crippen molar-refractivity contribution in [3.8, 4) is 5.75 Å². The fraction of sp³-hybridized carbons (Fsp3) is 0.600. The van der Waals surface area contributed by atoms with Crippen LogP contribution in [0.25, 0.3) is 0 Å². The molecule has 0 aliphatic rings. The maximum absolute atomic E-state index is 5.18. The summed E-state index contributed by atoms with van der Waals surface area (Å²) in [5.74, 6) is 4.09. The number of thioether (sulfide) groups is 1. The Morgan fingerprint density at radius 1 is 1.22 bits per heavy atom. The van der Waals surface area contributed by atoms with Crippen molar-refractivity contribution in [1.29, 1.82) is 0 Å². The smallest absolute Gasteiger partial charge is 0.118 e. The van der Waals surface area contributed by atoms with Gasteiger partial charge in [-0.15, -0.1) is 0 Å². The van der Waals surface area contributed by atoms with E-state index in [1.807, 2.05) is 30.9 Å². The molecule has 1 aromatic carbocycles. The maximum atomic E-state index is 5.18. The van der Waals surface area contributed by atoms with Crippen LogP contribution in [0.1, 0.15) is 31.9 Å². The summed E-state index contributed by atoms with van der Waals surface area (Å²) in [5.41, 5.74) is 1.33. The van der Waals surface area contributed by atoms with Crippen molar-refractivity contribution >= 4 is 11.8 Å². The lowest BCUT2D eigenvalue weighted by Crippen LogP contribution is -2.19. The summed E-state index contributed by atoms with van der Waals surface area (Å²) in [6, 6.07) is 8.76. The lowest BCUT2D eigenvalue weighted by molar-refractivity contribution is 0.414. The first-order valence-electron chi connectivity index (χ1n) is 6.60. The van der Waals surface area contributed by atoms with Crippen LogP contribution in [-0.4, -0.2) is 25.7 Å². The zero-order valence-electron chi connectivity index (χ0n) is 11.9. The Hall–Kier alpha value is -0.670. The zero-order valence-corrected chi connectivity index (χ0v) is 12.7.